The van der Waals surface area contributed by atoms with Gasteiger partial charge >= 0.3 is 0 Å². The lowest BCUT2D eigenvalue weighted by Gasteiger charge is -2.26. The Kier molecular flexibility index (Phi) is 4.86. The molecule has 1 aliphatic heterocycles. The average molecular weight is 285 g/mol. The molecule has 0 saturated carbocycles. The second kappa shape index (κ2) is 6.24. The Morgan fingerprint density at radius 3 is 2.89 bits per heavy atom. The lowest BCUT2D eigenvalue weighted by molar-refractivity contribution is 0.00718. The number of hydrogen-bond acceptors (Lipinski definition) is 6. The summed E-state index contributed by atoms with van der Waals surface area (Å²) in [5, 5.41) is 7.54. The van der Waals surface area contributed by atoms with E-state index >= 15 is 0 Å². The third kappa shape index (κ3) is 3.94. The van der Waals surface area contributed by atoms with Crippen molar-refractivity contribution < 1.29 is 9.26 Å². The minimum Gasteiger partial charge on any atom is -0.373 e. The summed E-state index contributed by atoms with van der Waals surface area (Å²) in [5.74, 6) is 3.63. The Hall–Kier alpha value is -0.590. The maximum atomic E-state index is 5.50. The first-order valence-electron chi connectivity index (χ1n) is 6.67. The first-order chi connectivity index (χ1) is 9.00. The van der Waals surface area contributed by atoms with E-state index in [4.69, 9.17) is 9.26 Å². The average Bonchev–Trinajstić information content (AvgIpc) is 2.77. The largest absolute Gasteiger partial charge is 0.373 e. The van der Waals surface area contributed by atoms with Crippen molar-refractivity contribution in [2.75, 3.05) is 25.2 Å². The first-order valence-corrected chi connectivity index (χ1v) is 7.82. The Morgan fingerprint density at radius 1 is 1.53 bits per heavy atom. The van der Waals surface area contributed by atoms with Gasteiger partial charge in [0.05, 0.1) is 0 Å². The normalized spacial score (nSPS) is 22.4. The second-order valence-electron chi connectivity index (χ2n) is 5.96. The predicted octanol–water partition coefficient (Wildman–Crippen LogP) is 2.05. The first kappa shape index (κ1) is 14.8. The van der Waals surface area contributed by atoms with Gasteiger partial charge in [-0.25, -0.2) is 0 Å². The Bertz CT molecular complexity index is 397. The molecule has 0 amide bonds. The molecule has 5 nitrogen and oxygen atoms in total. The molecular weight excluding hydrogens is 262 g/mol. The van der Waals surface area contributed by atoms with Gasteiger partial charge in [-0.15, -0.1) is 0 Å². The number of aromatic nitrogens is 2. The molecule has 1 saturated heterocycles. The summed E-state index contributed by atoms with van der Waals surface area (Å²) in [7, 11) is 1.69. The molecular formula is C13H23N3O2S. The summed E-state index contributed by atoms with van der Waals surface area (Å²) in [5.41, 5.74) is -0.0468. The Morgan fingerprint density at radius 2 is 2.32 bits per heavy atom. The van der Waals surface area contributed by atoms with Gasteiger partial charge in [0.2, 0.25) is 11.7 Å². The van der Waals surface area contributed by atoms with Gasteiger partial charge in [-0.05, 0) is 5.41 Å². The van der Waals surface area contributed by atoms with Crippen LogP contribution in [0.3, 0.4) is 0 Å². The van der Waals surface area contributed by atoms with Crippen LogP contribution in [-0.2, 0) is 11.2 Å². The zero-order valence-corrected chi connectivity index (χ0v) is 12.9. The summed E-state index contributed by atoms with van der Waals surface area (Å²) in [6, 6.07) is 0.433. The minimum atomic E-state index is -0.140. The van der Waals surface area contributed by atoms with Gasteiger partial charge in [0.25, 0.3) is 0 Å². The Balaban J connectivity index is 2.01. The monoisotopic (exact) mass is 285 g/mol. The molecule has 0 aromatic carbocycles. The Labute approximate surface area is 118 Å². The molecule has 0 aliphatic carbocycles. The molecule has 2 rings (SSSR count). The summed E-state index contributed by atoms with van der Waals surface area (Å²) < 4.78 is 10.9. The molecule has 0 radical (unpaired) electrons. The highest BCUT2D eigenvalue weighted by molar-refractivity contribution is 7.99. The van der Waals surface area contributed by atoms with E-state index in [1.165, 1.54) is 5.75 Å². The van der Waals surface area contributed by atoms with E-state index in [0.29, 0.717) is 17.8 Å². The summed E-state index contributed by atoms with van der Waals surface area (Å²) in [6.07, 6.45) is 0.652. The van der Waals surface area contributed by atoms with Gasteiger partial charge in [-0.1, -0.05) is 25.9 Å². The van der Waals surface area contributed by atoms with Gasteiger partial charge < -0.3 is 14.6 Å². The number of nitrogens with zero attached hydrogens (tertiary/aromatic N) is 2. The van der Waals surface area contributed by atoms with Crippen molar-refractivity contribution in [1.82, 2.24) is 15.5 Å². The number of methoxy groups -OCH3 is 1. The van der Waals surface area contributed by atoms with Crippen LogP contribution in [0.4, 0.5) is 0 Å². The van der Waals surface area contributed by atoms with E-state index in [1.54, 1.807) is 7.11 Å². The number of rotatable bonds is 4. The lowest BCUT2D eigenvalue weighted by Crippen LogP contribution is -2.38. The van der Waals surface area contributed by atoms with Gasteiger partial charge in [-0.2, -0.15) is 16.7 Å². The van der Waals surface area contributed by atoms with Crippen molar-refractivity contribution >= 4 is 11.8 Å². The zero-order chi connectivity index (χ0) is 13.9. The van der Waals surface area contributed by atoms with Crippen LogP contribution in [0.25, 0.3) is 0 Å². The van der Waals surface area contributed by atoms with E-state index in [-0.39, 0.29) is 11.5 Å². The molecule has 2 atom stereocenters. The van der Waals surface area contributed by atoms with Gasteiger partial charge in [0.15, 0.2) is 0 Å². The van der Waals surface area contributed by atoms with Crippen LogP contribution in [0.5, 0.6) is 0 Å². The van der Waals surface area contributed by atoms with Crippen LogP contribution in [-0.4, -0.2) is 41.3 Å². The highest BCUT2D eigenvalue weighted by atomic mass is 32.2. The highest BCUT2D eigenvalue weighted by Gasteiger charge is 2.30. The molecule has 0 spiro atoms. The van der Waals surface area contributed by atoms with Crippen LogP contribution in [0, 0.1) is 5.41 Å². The molecule has 1 aromatic rings. The lowest BCUT2D eigenvalue weighted by atomic mass is 9.88. The van der Waals surface area contributed by atoms with E-state index in [1.807, 2.05) is 11.8 Å². The van der Waals surface area contributed by atoms with Crippen LogP contribution in [0.1, 0.15) is 38.6 Å². The van der Waals surface area contributed by atoms with E-state index in [9.17, 15) is 0 Å². The summed E-state index contributed by atoms with van der Waals surface area (Å²) >= 11 is 1.97. The molecule has 108 valence electrons. The van der Waals surface area contributed by atoms with E-state index in [2.05, 4.69) is 36.2 Å². The predicted molar refractivity (Wildman–Crippen MR) is 76.3 cm³/mol. The second-order valence-corrected chi connectivity index (χ2v) is 7.11. The SMILES string of the molecule is COC(c1noc(CC2CSCCN2)n1)C(C)(C)C. The molecule has 1 aliphatic rings. The minimum absolute atomic E-state index is 0.0468. The summed E-state index contributed by atoms with van der Waals surface area (Å²) in [4.78, 5) is 4.49. The number of hydrogen-bond donors (Lipinski definition) is 1. The van der Waals surface area contributed by atoms with Crippen molar-refractivity contribution in [2.45, 2.75) is 39.3 Å². The zero-order valence-electron chi connectivity index (χ0n) is 12.1. The standard InChI is InChI=1S/C13H23N3O2S/c1-13(2,3)11(17-4)12-15-10(18-16-12)7-9-8-19-6-5-14-9/h9,11,14H,5-8H2,1-4H3. The van der Waals surface area contributed by atoms with Crippen LogP contribution < -0.4 is 5.32 Å². The fraction of sp³-hybridized carbons (Fsp3) is 0.846. The molecule has 1 aromatic heterocycles. The molecule has 2 heterocycles. The van der Waals surface area contributed by atoms with Crippen molar-refractivity contribution in [1.29, 1.82) is 0 Å². The molecule has 0 bridgehead atoms. The van der Waals surface area contributed by atoms with Gasteiger partial charge in [0.1, 0.15) is 6.10 Å². The quantitative estimate of drug-likeness (QED) is 0.913. The number of thioether (sulfide) groups is 1. The van der Waals surface area contributed by atoms with E-state index in [0.717, 1.165) is 18.7 Å². The number of ether oxygens (including phenoxy) is 1. The molecule has 2 unspecified atom stereocenters. The topological polar surface area (TPSA) is 60.2 Å². The molecule has 1 fully saturated rings. The third-order valence-corrected chi connectivity index (χ3v) is 4.29. The van der Waals surface area contributed by atoms with Crippen LogP contribution >= 0.6 is 11.8 Å². The molecule has 6 heteroatoms. The van der Waals surface area contributed by atoms with Crippen molar-refractivity contribution in [3.63, 3.8) is 0 Å². The van der Waals surface area contributed by atoms with Crippen LogP contribution in [0.2, 0.25) is 0 Å². The maximum absolute atomic E-state index is 5.50. The van der Waals surface area contributed by atoms with Crippen molar-refractivity contribution in [3.8, 4) is 0 Å². The van der Waals surface area contributed by atoms with Crippen molar-refractivity contribution in [3.05, 3.63) is 11.7 Å². The van der Waals surface area contributed by atoms with Gasteiger partial charge in [0, 0.05) is 37.6 Å². The molecule has 19 heavy (non-hydrogen) atoms. The smallest absolute Gasteiger partial charge is 0.228 e. The highest BCUT2D eigenvalue weighted by Crippen LogP contribution is 2.33. The number of nitrogens with one attached hydrogen (secondary N) is 1. The maximum Gasteiger partial charge on any atom is 0.228 e. The van der Waals surface area contributed by atoms with Crippen molar-refractivity contribution in [2.24, 2.45) is 5.41 Å². The fourth-order valence-electron chi connectivity index (χ4n) is 2.27. The summed E-state index contributed by atoms with van der Waals surface area (Å²) in [6.45, 7) is 7.38. The van der Waals surface area contributed by atoms with Gasteiger partial charge in [-0.3, -0.25) is 0 Å². The van der Waals surface area contributed by atoms with E-state index < -0.39 is 0 Å². The fourth-order valence-corrected chi connectivity index (χ4v) is 3.21. The van der Waals surface area contributed by atoms with Crippen LogP contribution in [0.15, 0.2) is 4.52 Å². The molecule has 1 N–H and O–H groups in total. The third-order valence-electron chi connectivity index (χ3n) is 3.16.